The number of hydrogen-bond acceptors (Lipinski definition) is 3. The van der Waals surface area contributed by atoms with Crippen LogP contribution in [0.3, 0.4) is 0 Å². The van der Waals surface area contributed by atoms with Crippen LogP contribution in [-0.4, -0.2) is 30.5 Å². The van der Waals surface area contributed by atoms with E-state index >= 15 is 0 Å². The van der Waals surface area contributed by atoms with Crippen LogP contribution in [0, 0.1) is 11.3 Å². The molecule has 0 radical (unpaired) electrons. The van der Waals surface area contributed by atoms with E-state index in [9.17, 15) is 17.6 Å². The standard InChI is InChI=1S/C21H19F4N3O/c22-20(23)21(24,25)13-29-17-3-1-2-15(8-17)11-27-7-6-16-12-28-19-5-4-14(10-26)9-18(16)19/h1-5,8-9,12,20,27-28H,6-7,11,13H2. The molecule has 0 saturated heterocycles. The van der Waals surface area contributed by atoms with Crippen molar-refractivity contribution in [1.82, 2.24) is 10.3 Å². The van der Waals surface area contributed by atoms with Crippen molar-refractivity contribution in [2.24, 2.45) is 0 Å². The molecule has 0 bridgehead atoms. The molecule has 1 heterocycles. The fourth-order valence-corrected chi connectivity index (χ4v) is 2.90. The minimum Gasteiger partial charge on any atom is -0.487 e. The van der Waals surface area contributed by atoms with Crippen LogP contribution in [0.25, 0.3) is 10.9 Å². The molecule has 0 fully saturated rings. The van der Waals surface area contributed by atoms with Gasteiger partial charge in [-0.3, -0.25) is 0 Å². The van der Waals surface area contributed by atoms with Gasteiger partial charge in [0.25, 0.3) is 0 Å². The largest absolute Gasteiger partial charge is 0.487 e. The number of ether oxygens (including phenoxy) is 1. The molecule has 0 amide bonds. The van der Waals surface area contributed by atoms with Crippen LogP contribution in [0.15, 0.2) is 48.7 Å². The summed E-state index contributed by atoms with van der Waals surface area (Å²) in [7, 11) is 0. The highest BCUT2D eigenvalue weighted by Crippen LogP contribution is 2.25. The van der Waals surface area contributed by atoms with Gasteiger partial charge >= 0.3 is 12.3 Å². The maximum absolute atomic E-state index is 13.0. The van der Waals surface area contributed by atoms with E-state index in [4.69, 9.17) is 10.00 Å². The zero-order chi connectivity index (χ0) is 20.9. The number of rotatable bonds is 9. The van der Waals surface area contributed by atoms with Crippen LogP contribution >= 0.6 is 0 Å². The molecule has 0 aliphatic heterocycles. The number of fused-ring (bicyclic) bond motifs is 1. The second-order valence-electron chi connectivity index (χ2n) is 6.61. The van der Waals surface area contributed by atoms with Gasteiger partial charge in [0.05, 0.1) is 11.6 Å². The molecule has 4 nitrogen and oxygen atoms in total. The Hall–Kier alpha value is -3.05. The first kappa shape index (κ1) is 20.7. The molecule has 0 atom stereocenters. The van der Waals surface area contributed by atoms with Crippen molar-refractivity contribution in [3.05, 3.63) is 65.4 Å². The number of nitriles is 1. The number of benzene rings is 2. The number of aromatic amines is 1. The van der Waals surface area contributed by atoms with Crippen molar-refractivity contribution >= 4 is 10.9 Å². The van der Waals surface area contributed by atoms with E-state index in [1.807, 2.05) is 18.3 Å². The first-order chi connectivity index (χ1) is 13.9. The number of hydrogen-bond donors (Lipinski definition) is 2. The van der Waals surface area contributed by atoms with Crippen molar-refractivity contribution in [1.29, 1.82) is 5.26 Å². The Morgan fingerprint density at radius 2 is 2.00 bits per heavy atom. The number of H-pyrrole nitrogens is 1. The van der Waals surface area contributed by atoms with Crippen LogP contribution < -0.4 is 10.1 Å². The van der Waals surface area contributed by atoms with Gasteiger partial charge in [-0.15, -0.1) is 0 Å². The monoisotopic (exact) mass is 405 g/mol. The van der Waals surface area contributed by atoms with Gasteiger partial charge in [0.15, 0.2) is 6.61 Å². The molecule has 0 aliphatic carbocycles. The molecule has 2 N–H and O–H groups in total. The number of nitrogens with one attached hydrogen (secondary N) is 2. The lowest BCUT2D eigenvalue weighted by Crippen LogP contribution is -2.33. The van der Waals surface area contributed by atoms with E-state index in [-0.39, 0.29) is 5.75 Å². The molecule has 2 aromatic carbocycles. The Morgan fingerprint density at radius 1 is 1.17 bits per heavy atom. The molecule has 152 valence electrons. The lowest BCUT2D eigenvalue weighted by Gasteiger charge is -2.16. The van der Waals surface area contributed by atoms with E-state index in [0.29, 0.717) is 18.7 Å². The SMILES string of the molecule is N#Cc1ccc2[nH]cc(CCNCc3cccc(OCC(F)(F)C(F)F)c3)c2c1. The van der Waals surface area contributed by atoms with Crippen molar-refractivity contribution < 1.29 is 22.3 Å². The molecule has 0 spiro atoms. The average Bonchev–Trinajstić information content (AvgIpc) is 3.12. The second-order valence-corrected chi connectivity index (χ2v) is 6.61. The zero-order valence-corrected chi connectivity index (χ0v) is 15.4. The van der Waals surface area contributed by atoms with Crippen molar-refractivity contribution in [2.45, 2.75) is 25.3 Å². The van der Waals surface area contributed by atoms with Gasteiger partial charge in [-0.1, -0.05) is 12.1 Å². The van der Waals surface area contributed by atoms with Gasteiger partial charge < -0.3 is 15.0 Å². The van der Waals surface area contributed by atoms with Crippen LogP contribution in [0.4, 0.5) is 17.6 Å². The van der Waals surface area contributed by atoms with Crippen molar-refractivity contribution in [3.8, 4) is 11.8 Å². The lowest BCUT2D eigenvalue weighted by atomic mass is 10.1. The third-order valence-corrected chi connectivity index (χ3v) is 4.45. The second kappa shape index (κ2) is 8.97. The van der Waals surface area contributed by atoms with Gasteiger partial charge in [0, 0.05) is 23.6 Å². The molecular formula is C21H19F4N3O. The maximum atomic E-state index is 13.0. The topological polar surface area (TPSA) is 60.8 Å². The highest BCUT2D eigenvalue weighted by atomic mass is 19.3. The number of nitrogens with zero attached hydrogens (tertiary/aromatic N) is 1. The molecule has 0 aliphatic rings. The van der Waals surface area contributed by atoms with E-state index < -0.39 is 19.0 Å². The first-order valence-electron chi connectivity index (χ1n) is 8.97. The molecule has 0 saturated carbocycles. The first-order valence-corrected chi connectivity index (χ1v) is 8.97. The number of alkyl halides is 4. The number of halogens is 4. The van der Waals surface area contributed by atoms with Crippen molar-refractivity contribution in [3.63, 3.8) is 0 Å². The van der Waals surface area contributed by atoms with Crippen LogP contribution in [-0.2, 0) is 13.0 Å². The summed E-state index contributed by atoms with van der Waals surface area (Å²) in [6.45, 7) is -0.251. The normalized spacial score (nSPS) is 11.7. The van der Waals surface area contributed by atoms with Crippen molar-refractivity contribution in [2.75, 3.05) is 13.2 Å². The minimum atomic E-state index is -4.18. The molecular weight excluding hydrogens is 386 g/mol. The summed E-state index contributed by atoms with van der Waals surface area (Å²) in [5.41, 5.74) is 3.43. The summed E-state index contributed by atoms with van der Waals surface area (Å²) in [5.74, 6) is -4.07. The van der Waals surface area contributed by atoms with E-state index in [1.165, 1.54) is 6.07 Å². The predicted molar refractivity (Wildman–Crippen MR) is 101 cm³/mol. The van der Waals surface area contributed by atoms with Gasteiger partial charge in [-0.25, -0.2) is 8.78 Å². The molecule has 8 heteroatoms. The Balaban J connectivity index is 1.52. The number of aromatic nitrogens is 1. The quantitative estimate of drug-likeness (QED) is 0.402. The smallest absolute Gasteiger partial charge is 0.340 e. The predicted octanol–water partition coefficient (Wildman–Crippen LogP) is 4.65. The molecule has 3 aromatic rings. The summed E-state index contributed by atoms with van der Waals surface area (Å²) in [5, 5.41) is 13.3. The molecule has 0 unspecified atom stereocenters. The maximum Gasteiger partial charge on any atom is 0.340 e. The van der Waals surface area contributed by atoms with Gasteiger partial charge in [0.1, 0.15) is 5.75 Å². The molecule has 1 aromatic heterocycles. The Kier molecular flexibility index (Phi) is 6.39. The molecule has 3 rings (SSSR count). The van der Waals surface area contributed by atoms with Crippen LogP contribution in [0.1, 0.15) is 16.7 Å². The third-order valence-electron chi connectivity index (χ3n) is 4.45. The van der Waals surface area contributed by atoms with E-state index in [1.54, 1.807) is 24.3 Å². The summed E-state index contributed by atoms with van der Waals surface area (Å²) in [6, 6.07) is 14.0. The molecule has 29 heavy (non-hydrogen) atoms. The Morgan fingerprint density at radius 3 is 2.76 bits per heavy atom. The van der Waals surface area contributed by atoms with Crippen LogP contribution in [0.5, 0.6) is 5.75 Å². The highest BCUT2D eigenvalue weighted by molar-refractivity contribution is 5.84. The minimum absolute atomic E-state index is 0.116. The Labute approximate surface area is 165 Å². The van der Waals surface area contributed by atoms with Gasteiger partial charge in [-0.2, -0.15) is 14.0 Å². The average molecular weight is 405 g/mol. The lowest BCUT2D eigenvalue weighted by molar-refractivity contribution is -0.148. The third kappa shape index (κ3) is 5.27. The van der Waals surface area contributed by atoms with Gasteiger partial charge in [-0.05, 0) is 54.4 Å². The van der Waals surface area contributed by atoms with E-state index in [0.717, 1.165) is 28.5 Å². The fourth-order valence-electron chi connectivity index (χ4n) is 2.90. The van der Waals surface area contributed by atoms with Crippen LogP contribution in [0.2, 0.25) is 0 Å². The summed E-state index contributed by atoms with van der Waals surface area (Å²) >= 11 is 0. The van der Waals surface area contributed by atoms with E-state index in [2.05, 4.69) is 16.4 Å². The fraction of sp³-hybridized carbons (Fsp3) is 0.286. The summed E-state index contributed by atoms with van der Waals surface area (Å²) in [4.78, 5) is 3.17. The summed E-state index contributed by atoms with van der Waals surface area (Å²) in [6.07, 6.45) is -1.13. The summed E-state index contributed by atoms with van der Waals surface area (Å²) < 4.78 is 55.1. The zero-order valence-electron chi connectivity index (χ0n) is 15.4. The van der Waals surface area contributed by atoms with Gasteiger partial charge in [0.2, 0.25) is 0 Å². The Bertz CT molecular complexity index is 1010. The highest BCUT2D eigenvalue weighted by Gasteiger charge is 2.41.